The first-order valence-electron chi connectivity index (χ1n) is 7.08. The highest BCUT2D eigenvalue weighted by atomic mass is 16.1. The van der Waals surface area contributed by atoms with Crippen LogP contribution in [-0.4, -0.2) is 26.5 Å². The van der Waals surface area contributed by atoms with Crippen molar-refractivity contribution >= 4 is 17.3 Å². The van der Waals surface area contributed by atoms with E-state index in [1.54, 1.807) is 6.07 Å². The average Bonchev–Trinajstić information content (AvgIpc) is 2.45. The van der Waals surface area contributed by atoms with Gasteiger partial charge in [0, 0.05) is 32.0 Å². The molecule has 0 heterocycles. The van der Waals surface area contributed by atoms with E-state index >= 15 is 0 Å². The molecule has 1 aromatic carbocycles. The molecule has 0 saturated heterocycles. The van der Waals surface area contributed by atoms with Gasteiger partial charge >= 0.3 is 0 Å². The van der Waals surface area contributed by atoms with E-state index in [2.05, 4.69) is 17.5 Å². The molecule has 3 N–H and O–H groups in total. The van der Waals surface area contributed by atoms with Crippen LogP contribution in [0.5, 0.6) is 0 Å². The van der Waals surface area contributed by atoms with E-state index in [4.69, 9.17) is 5.73 Å². The van der Waals surface area contributed by atoms with E-state index in [0.717, 1.165) is 31.5 Å². The van der Waals surface area contributed by atoms with Gasteiger partial charge in [0.25, 0.3) is 5.91 Å². The van der Waals surface area contributed by atoms with Crippen molar-refractivity contribution in [3.8, 4) is 0 Å². The number of anilines is 2. The lowest BCUT2D eigenvalue weighted by atomic mass is 9.94. The first-order valence-corrected chi connectivity index (χ1v) is 7.08. The summed E-state index contributed by atoms with van der Waals surface area (Å²) in [5.74, 6) is 0.503. The molecule has 4 heteroatoms. The monoisotopic (exact) mass is 273 g/mol. The summed E-state index contributed by atoms with van der Waals surface area (Å²) in [6, 6.07) is 5.44. The highest BCUT2D eigenvalue weighted by molar-refractivity contribution is 6.00. The molecule has 1 aliphatic carbocycles. The molecule has 1 atom stereocenters. The second-order valence-corrected chi connectivity index (χ2v) is 5.53. The maximum Gasteiger partial charge on any atom is 0.253 e. The van der Waals surface area contributed by atoms with Crippen LogP contribution in [0, 0.1) is 5.92 Å². The minimum absolute atomic E-state index is 0.0458. The summed E-state index contributed by atoms with van der Waals surface area (Å²) >= 11 is 0. The van der Waals surface area contributed by atoms with E-state index in [1.165, 1.54) is 0 Å². The smallest absolute Gasteiger partial charge is 0.253 e. The van der Waals surface area contributed by atoms with Crippen LogP contribution in [-0.2, 0) is 0 Å². The van der Waals surface area contributed by atoms with Crippen molar-refractivity contribution < 1.29 is 4.79 Å². The first-order chi connectivity index (χ1) is 9.58. The highest BCUT2D eigenvalue weighted by Crippen LogP contribution is 2.22. The molecule has 0 fully saturated rings. The minimum atomic E-state index is -0.0458. The standard InChI is InChI=1S/C16H23N3O/c1-19(2)15-9-8-13(17)10-14(15)16(20)18-11-12-6-4-3-5-7-12/h3-4,8-10,12H,5-7,11,17H2,1-2H3,(H,18,20). The van der Waals surface area contributed by atoms with Crippen molar-refractivity contribution in [3.63, 3.8) is 0 Å². The zero-order chi connectivity index (χ0) is 14.5. The van der Waals surface area contributed by atoms with Gasteiger partial charge in [-0.1, -0.05) is 12.2 Å². The molecule has 1 unspecified atom stereocenters. The molecule has 1 aliphatic rings. The summed E-state index contributed by atoms with van der Waals surface area (Å²) < 4.78 is 0. The number of nitrogens with one attached hydrogen (secondary N) is 1. The number of nitrogens with two attached hydrogens (primary N) is 1. The Morgan fingerprint density at radius 3 is 2.85 bits per heavy atom. The lowest BCUT2D eigenvalue weighted by molar-refractivity contribution is 0.0947. The van der Waals surface area contributed by atoms with E-state index in [-0.39, 0.29) is 5.91 Å². The molecule has 0 bridgehead atoms. The number of allylic oxidation sites excluding steroid dienone is 2. The maximum atomic E-state index is 12.4. The molecule has 0 saturated carbocycles. The van der Waals surface area contributed by atoms with Crippen molar-refractivity contribution in [2.24, 2.45) is 5.92 Å². The minimum Gasteiger partial charge on any atom is -0.399 e. The van der Waals surface area contributed by atoms with Crippen molar-refractivity contribution in [3.05, 3.63) is 35.9 Å². The first kappa shape index (κ1) is 14.4. The number of benzene rings is 1. The summed E-state index contributed by atoms with van der Waals surface area (Å²) in [4.78, 5) is 14.3. The number of nitrogens with zero attached hydrogens (tertiary/aromatic N) is 1. The largest absolute Gasteiger partial charge is 0.399 e. The lowest BCUT2D eigenvalue weighted by Crippen LogP contribution is -2.31. The number of rotatable bonds is 4. The average molecular weight is 273 g/mol. The molecule has 1 aromatic rings. The van der Waals surface area contributed by atoms with Gasteiger partial charge in [0.05, 0.1) is 5.56 Å². The molecule has 1 amide bonds. The molecule has 0 spiro atoms. The maximum absolute atomic E-state index is 12.4. The van der Waals surface area contributed by atoms with Crippen molar-refractivity contribution in [1.29, 1.82) is 0 Å². The number of hydrogen-bond acceptors (Lipinski definition) is 3. The van der Waals surface area contributed by atoms with E-state index in [1.807, 2.05) is 31.1 Å². The molecule has 0 radical (unpaired) electrons. The van der Waals surface area contributed by atoms with Crippen LogP contribution < -0.4 is 16.0 Å². The number of amides is 1. The normalized spacial score (nSPS) is 17.8. The van der Waals surface area contributed by atoms with Gasteiger partial charge in [-0.2, -0.15) is 0 Å². The quantitative estimate of drug-likeness (QED) is 0.654. The topological polar surface area (TPSA) is 58.4 Å². The Morgan fingerprint density at radius 2 is 2.20 bits per heavy atom. The molecule has 20 heavy (non-hydrogen) atoms. The number of hydrogen-bond donors (Lipinski definition) is 2. The number of nitrogen functional groups attached to an aromatic ring is 1. The fourth-order valence-corrected chi connectivity index (χ4v) is 2.50. The van der Waals surface area contributed by atoms with Crippen LogP contribution in [0.15, 0.2) is 30.4 Å². The summed E-state index contributed by atoms with van der Waals surface area (Å²) in [6.45, 7) is 0.727. The van der Waals surface area contributed by atoms with Gasteiger partial charge in [-0.3, -0.25) is 4.79 Å². The van der Waals surface area contributed by atoms with Gasteiger partial charge in [0.1, 0.15) is 0 Å². The van der Waals surface area contributed by atoms with E-state index < -0.39 is 0 Å². The van der Waals surface area contributed by atoms with Crippen LogP contribution >= 0.6 is 0 Å². The Balaban J connectivity index is 2.04. The third-order valence-electron chi connectivity index (χ3n) is 3.68. The van der Waals surface area contributed by atoms with Crippen LogP contribution in [0.25, 0.3) is 0 Å². The molecule has 4 nitrogen and oxygen atoms in total. The Hall–Kier alpha value is -1.97. The zero-order valence-electron chi connectivity index (χ0n) is 12.2. The second-order valence-electron chi connectivity index (χ2n) is 5.53. The van der Waals surface area contributed by atoms with Crippen LogP contribution in [0.4, 0.5) is 11.4 Å². The Labute approximate surface area is 120 Å². The van der Waals surface area contributed by atoms with Crippen LogP contribution in [0.1, 0.15) is 29.6 Å². The highest BCUT2D eigenvalue weighted by Gasteiger charge is 2.16. The molecule has 0 aliphatic heterocycles. The summed E-state index contributed by atoms with van der Waals surface area (Å²) in [5, 5.41) is 3.04. The second kappa shape index (κ2) is 6.46. The van der Waals surface area contributed by atoms with Gasteiger partial charge < -0.3 is 16.0 Å². The molecule has 0 aromatic heterocycles. The zero-order valence-corrected chi connectivity index (χ0v) is 12.2. The van der Waals surface area contributed by atoms with Gasteiger partial charge in [-0.15, -0.1) is 0 Å². The Kier molecular flexibility index (Phi) is 4.66. The van der Waals surface area contributed by atoms with Crippen molar-refractivity contribution in [2.45, 2.75) is 19.3 Å². The third kappa shape index (κ3) is 3.53. The predicted molar refractivity (Wildman–Crippen MR) is 84.0 cm³/mol. The predicted octanol–water partition coefficient (Wildman–Crippen LogP) is 2.42. The molecule has 108 valence electrons. The van der Waals surface area contributed by atoms with E-state index in [0.29, 0.717) is 17.2 Å². The van der Waals surface area contributed by atoms with Gasteiger partial charge in [0.2, 0.25) is 0 Å². The molecular formula is C16H23N3O. The molecule has 2 rings (SSSR count). The fourth-order valence-electron chi connectivity index (χ4n) is 2.50. The van der Waals surface area contributed by atoms with E-state index in [9.17, 15) is 4.79 Å². The summed E-state index contributed by atoms with van der Waals surface area (Å²) in [6.07, 6.45) is 7.72. The van der Waals surface area contributed by atoms with Crippen molar-refractivity contribution in [1.82, 2.24) is 5.32 Å². The van der Waals surface area contributed by atoms with Gasteiger partial charge in [-0.05, 0) is 43.4 Å². The van der Waals surface area contributed by atoms with Gasteiger partial charge in [0.15, 0.2) is 0 Å². The number of carbonyl (C=O) groups excluding carboxylic acids is 1. The van der Waals surface area contributed by atoms with Crippen molar-refractivity contribution in [2.75, 3.05) is 31.3 Å². The van der Waals surface area contributed by atoms with Gasteiger partial charge in [-0.25, -0.2) is 0 Å². The summed E-state index contributed by atoms with van der Waals surface area (Å²) in [5.41, 5.74) is 7.94. The van der Waals surface area contributed by atoms with Crippen LogP contribution in [0.2, 0.25) is 0 Å². The third-order valence-corrected chi connectivity index (χ3v) is 3.68. The SMILES string of the molecule is CN(C)c1ccc(N)cc1C(=O)NCC1CC=CCC1. The summed E-state index contributed by atoms with van der Waals surface area (Å²) in [7, 11) is 3.85. The fraction of sp³-hybridized carbons (Fsp3) is 0.438. The Bertz CT molecular complexity index is 508. The Morgan fingerprint density at radius 1 is 1.40 bits per heavy atom. The number of carbonyl (C=O) groups is 1. The van der Waals surface area contributed by atoms with Crippen LogP contribution in [0.3, 0.4) is 0 Å². The molecular weight excluding hydrogens is 250 g/mol. The lowest BCUT2D eigenvalue weighted by Gasteiger charge is -2.20.